The molecule has 0 bridgehead atoms. The molecular weight excluding hydrogens is 408 g/mol. The second-order valence-electron chi connectivity index (χ2n) is 9.56. The van der Waals surface area contributed by atoms with Crippen LogP contribution in [0, 0.1) is 11.8 Å². The van der Waals surface area contributed by atoms with Crippen molar-refractivity contribution in [1.29, 1.82) is 0 Å². The molecule has 30 heavy (non-hydrogen) atoms. The molecule has 2 aliphatic carbocycles. The number of rotatable bonds is 5. The minimum absolute atomic E-state index is 0.0514. The van der Waals surface area contributed by atoms with Gasteiger partial charge in [0.2, 0.25) is 0 Å². The summed E-state index contributed by atoms with van der Waals surface area (Å²) in [5.41, 5.74) is 0.331. The smallest absolute Gasteiger partial charge is 0.305 e. The summed E-state index contributed by atoms with van der Waals surface area (Å²) in [5.74, 6) is 1.60. The highest BCUT2D eigenvalue weighted by Gasteiger charge is 2.63. The van der Waals surface area contributed by atoms with Gasteiger partial charge in [0.25, 0.3) is 0 Å². The van der Waals surface area contributed by atoms with Crippen molar-refractivity contribution in [3.05, 3.63) is 22.4 Å². The first-order valence-electron chi connectivity index (χ1n) is 12.3. The fraction of sp³-hybridized carbons (Fsp3) is 0.731. The molecule has 2 aliphatic rings. The molecule has 2 heterocycles. The molecule has 2 saturated carbocycles. The lowest BCUT2D eigenvalue weighted by Crippen LogP contribution is -2.12. The molecule has 2 atom stereocenters. The molecule has 0 aliphatic heterocycles. The van der Waals surface area contributed by atoms with Crippen molar-refractivity contribution in [3.8, 4) is 0 Å². The Labute approximate surface area is 190 Å². The van der Waals surface area contributed by atoms with Crippen LogP contribution in [-0.4, -0.2) is 13.1 Å². The van der Waals surface area contributed by atoms with Crippen molar-refractivity contribution in [2.75, 3.05) is 7.11 Å². The first-order valence-corrected chi connectivity index (χ1v) is 14.0. The number of fused-ring (bicyclic) bond motifs is 2. The van der Waals surface area contributed by atoms with Crippen LogP contribution in [-0.2, 0) is 14.9 Å². The third kappa shape index (κ3) is 4.96. The molecule has 2 nitrogen and oxygen atoms in total. The van der Waals surface area contributed by atoms with Gasteiger partial charge in [0, 0.05) is 26.1 Å². The van der Waals surface area contributed by atoms with Crippen molar-refractivity contribution in [2.24, 2.45) is 11.8 Å². The third-order valence-corrected chi connectivity index (χ3v) is 10.1. The van der Waals surface area contributed by atoms with E-state index in [-0.39, 0.29) is 5.97 Å². The Balaban J connectivity index is 1.53. The van der Waals surface area contributed by atoms with E-state index in [0.29, 0.717) is 11.8 Å². The summed E-state index contributed by atoms with van der Waals surface area (Å²) in [4.78, 5) is 13.4. The van der Waals surface area contributed by atoms with Crippen molar-refractivity contribution in [3.63, 3.8) is 0 Å². The van der Waals surface area contributed by atoms with E-state index in [1.165, 1.54) is 93.6 Å². The zero-order valence-corrected chi connectivity index (χ0v) is 20.3. The molecule has 0 amide bonds. The highest BCUT2D eigenvalue weighted by atomic mass is 32.1. The van der Waals surface area contributed by atoms with E-state index in [1.54, 1.807) is 4.88 Å². The molecule has 4 heteroatoms. The Kier molecular flexibility index (Phi) is 7.91. The monoisotopic (exact) mass is 446 g/mol. The Morgan fingerprint density at radius 1 is 0.967 bits per heavy atom. The van der Waals surface area contributed by atoms with Gasteiger partial charge in [0.1, 0.15) is 0 Å². The van der Waals surface area contributed by atoms with Gasteiger partial charge in [-0.1, -0.05) is 64.2 Å². The van der Waals surface area contributed by atoms with Gasteiger partial charge in [-0.05, 0) is 55.0 Å². The number of carbonyl (C=O) groups excluding carboxylic acids is 1. The fourth-order valence-corrected chi connectivity index (χ4v) is 8.60. The lowest BCUT2D eigenvalue weighted by atomic mass is 9.90. The van der Waals surface area contributed by atoms with Crippen LogP contribution >= 0.6 is 22.7 Å². The standard InChI is InChI=1S/C26H38O2S2/c1-28-25(27)15-12-17-26(24-19-23-22(30-24)16-18-29-23)20-13-10-8-6-4-2-3-5-7-9-11-14-21(20)26/h16,18-21H,2-15,17H2,1H3. The van der Waals surface area contributed by atoms with E-state index in [2.05, 4.69) is 17.5 Å². The van der Waals surface area contributed by atoms with E-state index in [9.17, 15) is 4.79 Å². The average molecular weight is 447 g/mol. The minimum atomic E-state index is -0.0514. The predicted molar refractivity (Wildman–Crippen MR) is 130 cm³/mol. The summed E-state index contributed by atoms with van der Waals surface area (Å²) < 4.78 is 7.85. The summed E-state index contributed by atoms with van der Waals surface area (Å²) in [5, 5.41) is 2.22. The molecule has 2 unspecified atom stereocenters. The van der Waals surface area contributed by atoms with Gasteiger partial charge < -0.3 is 4.74 Å². The topological polar surface area (TPSA) is 26.3 Å². The van der Waals surface area contributed by atoms with Crippen LogP contribution in [0.5, 0.6) is 0 Å². The summed E-state index contributed by atoms with van der Waals surface area (Å²) in [6.07, 6.45) is 19.6. The van der Waals surface area contributed by atoms with Crippen molar-refractivity contribution in [2.45, 2.75) is 102 Å². The van der Waals surface area contributed by atoms with Gasteiger partial charge in [-0.3, -0.25) is 4.79 Å². The predicted octanol–water partition coefficient (Wildman–Crippen LogP) is 8.48. The molecule has 166 valence electrons. The lowest BCUT2D eigenvalue weighted by Gasteiger charge is -2.17. The number of thiophene rings is 2. The molecule has 0 N–H and O–H groups in total. The maximum absolute atomic E-state index is 11.8. The summed E-state index contributed by atoms with van der Waals surface area (Å²) in [7, 11) is 1.51. The van der Waals surface area contributed by atoms with Gasteiger partial charge in [-0.15, -0.1) is 22.7 Å². The highest BCUT2D eigenvalue weighted by molar-refractivity contribution is 7.27. The second-order valence-corrected chi connectivity index (χ2v) is 11.6. The number of carbonyl (C=O) groups is 1. The van der Waals surface area contributed by atoms with Crippen LogP contribution in [0.15, 0.2) is 17.5 Å². The molecule has 2 aromatic heterocycles. The SMILES string of the molecule is COC(=O)CCCC1(c2cc3sccc3s2)C2CCCCCCCCCCCCC21. The van der Waals surface area contributed by atoms with E-state index in [0.717, 1.165) is 24.7 Å². The summed E-state index contributed by atoms with van der Waals surface area (Å²) in [6.45, 7) is 0. The van der Waals surface area contributed by atoms with E-state index < -0.39 is 0 Å². The van der Waals surface area contributed by atoms with E-state index >= 15 is 0 Å². The van der Waals surface area contributed by atoms with E-state index in [4.69, 9.17) is 4.74 Å². The molecule has 0 radical (unpaired) electrons. The minimum Gasteiger partial charge on any atom is -0.469 e. The number of ether oxygens (including phenoxy) is 1. The molecule has 4 rings (SSSR count). The lowest BCUT2D eigenvalue weighted by molar-refractivity contribution is -0.140. The Bertz CT molecular complexity index is 756. The summed E-state index contributed by atoms with van der Waals surface area (Å²) in [6, 6.07) is 4.79. The van der Waals surface area contributed by atoms with Crippen LogP contribution in [0.25, 0.3) is 9.40 Å². The maximum Gasteiger partial charge on any atom is 0.305 e. The molecule has 0 spiro atoms. The molecule has 0 aromatic carbocycles. The number of methoxy groups -OCH3 is 1. The Morgan fingerprint density at radius 3 is 2.13 bits per heavy atom. The zero-order valence-electron chi connectivity index (χ0n) is 18.6. The largest absolute Gasteiger partial charge is 0.469 e. The first kappa shape index (κ1) is 22.3. The van der Waals surface area contributed by atoms with Gasteiger partial charge in [0.05, 0.1) is 7.11 Å². The van der Waals surface area contributed by atoms with Crippen LogP contribution in [0.4, 0.5) is 0 Å². The molecule has 2 aromatic rings. The van der Waals surface area contributed by atoms with Gasteiger partial charge in [-0.2, -0.15) is 0 Å². The van der Waals surface area contributed by atoms with Crippen LogP contribution in [0.3, 0.4) is 0 Å². The Morgan fingerprint density at radius 2 is 1.57 bits per heavy atom. The number of hydrogen-bond acceptors (Lipinski definition) is 4. The molecule has 2 fully saturated rings. The van der Waals surface area contributed by atoms with Crippen LogP contribution in [0.2, 0.25) is 0 Å². The molecule has 0 saturated heterocycles. The molecular formula is C26H38O2S2. The van der Waals surface area contributed by atoms with Gasteiger partial charge >= 0.3 is 5.97 Å². The first-order chi connectivity index (χ1) is 14.8. The van der Waals surface area contributed by atoms with Crippen molar-refractivity contribution >= 4 is 38.0 Å². The van der Waals surface area contributed by atoms with Crippen molar-refractivity contribution < 1.29 is 9.53 Å². The average Bonchev–Trinajstić information content (AvgIpc) is 3.03. The van der Waals surface area contributed by atoms with E-state index in [1.807, 2.05) is 22.7 Å². The summed E-state index contributed by atoms with van der Waals surface area (Å²) >= 11 is 3.92. The number of esters is 1. The maximum atomic E-state index is 11.8. The quantitative estimate of drug-likeness (QED) is 0.430. The normalized spacial score (nSPS) is 28.6. The van der Waals surface area contributed by atoms with Gasteiger partial charge in [0.15, 0.2) is 0 Å². The van der Waals surface area contributed by atoms with Crippen LogP contribution in [0.1, 0.15) is 101 Å². The third-order valence-electron chi connectivity index (χ3n) is 7.78. The number of hydrogen-bond donors (Lipinski definition) is 0. The fourth-order valence-electron chi connectivity index (χ4n) is 6.15. The van der Waals surface area contributed by atoms with Gasteiger partial charge in [-0.25, -0.2) is 0 Å². The van der Waals surface area contributed by atoms with Crippen molar-refractivity contribution in [1.82, 2.24) is 0 Å². The van der Waals surface area contributed by atoms with Crippen LogP contribution < -0.4 is 0 Å². The Hall–Kier alpha value is -0.870. The highest BCUT2D eigenvalue weighted by Crippen LogP contribution is 2.68. The second kappa shape index (κ2) is 10.6. The zero-order chi connectivity index (χ0) is 20.8.